The van der Waals surface area contributed by atoms with Gasteiger partial charge in [-0.2, -0.15) is 5.26 Å². The number of nitrogens with zero attached hydrogens (tertiary/aromatic N) is 2. The summed E-state index contributed by atoms with van der Waals surface area (Å²) in [6.07, 6.45) is 0.984. The Hall–Kier alpha value is -1.87. The van der Waals surface area contributed by atoms with Crippen molar-refractivity contribution in [3.8, 4) is 6.07 Å². The van der Waals surface area contributed by atoms with Gasteiger partial charge in [0.1, 0.15) is 4.83 Å². The number of rotatable bonds is 3. The highest BCUT2D eigenvalue weighted by Gasteiger charge is 2.10. The normalized spacial score (nSPS) is 10.6. The zero-order valence-corrected chi connectivity index (χ0v) is 10.1. The van der Waals surface area contributed by atoms with Crippen LogP contribution in [0.2, 0.25) is 0 Å². The molecule has 0 saturated heterocycles. The van der Waals surface area contributed by atoms with Crippen molar-refractivity contribution in [3.63, 3.8) is 0 Å². The van der Waals surface area contributed by atoms with Gasteiger partial charge in [-0.3, -0.25) is 14.3 Å². The van der Waals surface area contributed by atoms with Crippen LogP contribution in [-0.4, -0.2) is 9.55 Å². The number of aryl methyl sites for hydroxylation is 1. The maximum absolute atomic E-state index is 12.0. The minimum absolute atomic E-state index is 0.137. The molecular formula is C11H11N3O2S. The number of nitriles is 1. The number of hydrogen-bond acceptors (Lipinski definition) is 4. The van der Waals surface area contributed by atoms with Crippen molar-refractivity contribution in [2.45, 2.75) is 26.3 Å². The van der Waals surface area contributed by atoms with Crippen LogP contribution in [0.25, 0.3) is 10.2 Å². The van der Waals surface area contributed by atoms with Crippen LogP contribution in [0.3, 0.4) is 0 Å². The van der Waals surface area contributed by atoms with E-state index in [9.17, 15) is 9.59 Å². The molecule has 0 aliphatic carbocycles. The first kappa shape index (κ1) is 11.6. The molecule has 88 valence electrons. The summed E-state index contributed by atoms with van der Waals surface area (Å²) >= 11 is 1.42. The third-order valence-corrected chi connectivity index (χ3v) is 3.71. The molecule has 2 aromatic rings. The monoisotopic (exact) mass is 249 g/mol. The molecule has 0 aromatic carbocycles. The number of hydrogen-bond donors (Lipinski definition) is 1. The van der Waals surface area contributed by atoms with E-state index in [4.69, 9.17) is 5.26 Å². The van der Waals surface area contributed by atoms with Crippen molar-refractivity contribution in [1.82, 2.24) is 9.55 Å². The maximum Gasteiger partial charge on any atom is 0.329 e. The Kier molecular flexibility index (Phi) is 3.11. The Morgan fingerprint density at radius 1 is 1.53 bits per heavy atom. The van der Waals surface area contributed by atoms with Crippen molar-refractivity contribution >= 4 is 21.6 Å². The van der Waals surface area contributed by atoms with Crippen LogP contribution in [-0.2, 0) is 13.0 Å². The topological polar surface area (TPSA) is 78.7 Å². The van der Waals surface area contributed by atoms with Crippen molar-refractivity contribution in [2.75, 3.05) is 0 Å². The molecule has 0 aliphatic rings. The van der Waals surface area contributed by atoms with E-state index in [-0.39, 0.29) is 18.5 Å². The molecule has 0 saturated carbocycles. The van der Waals surface area contributed by atoms with Crippen LogP contribution in [0.15, 0.2) is 15.7 Å². The largest absolute Gasteiger partial charge is 0.329 e. The molecule has 0 bridgehead atoms. The van der Waals surface area contributed by atoms with Gasteiger partial charge in [-0.1, -0.05) is 6.92 Å². The van der Waals surface area contributed by atoms with Crippen molar-refractivity contribution in [2.24, 2.45) is 0 Å². The van der Waals surface area contributed by atoms with Crippen LogP contribution in [0.5, 0.6) is 0 Å². The molecule has 0 amide bonds. The quantitative estimate of drug-likeness (QED) is 0.888. The van der Waals surface area contributed by atoms with Gasteiger partial charge in [0, 0.05) is 11.4 Å². The Labute approximate surface area is 101 Å². The highest BCUT2D eigenvalue weighted by Crippen LogP contribution is 2.20. The second-order valence-corrected chi connectivity index (χ2v) is 4.74. The fourth-order valence-electron chi connectivity index (χ4n) is 1.64. The van der Waals surface area contributed by atoms with E-state index in [1.54, 1.807) is 6.07 Å². The molecule has 2 rings (SSSR count). The Bertz CT molecular complexity index is 702. The molecular weight excluding hydrogens is 238 g/mol. The molecule has 0 radical (unpaired) electrons. The van der Waals surface area contributed by atoms with Gasteiger partial charge in [0.2, 0.25) is 0 Å². The summed E-state index contributed by atoms with van der Waals surface area (Å²) in [7, 11) is 0. The number of nitrogens with one attached hydrogen (secondary N) is 1. The zero-order valence-electron chi connectivity index (χ0n) is 9.32. The average Bonchev–Trinajstić information content (AvgIpc) is 2.72. The lowest BCUT2D eigenvalue weighted by molar-refractivity contribution is 0.651. The van der Waals surface area contributed by atoms with Crippen molar-refractivity contribution < 1.29 is 0 Å². The fourth-order valence-corrected chi connectivity index (χ4v) is 2.61. The van der Waals surface area contributed by atoms with Gasteiger partial charge < -0.3 is 0 Å². The molecule has 5 nitrogen and oxygen atoms in total. The SMILES string of the molecule is CCc1cc2c(=O)n(CCC#N)c(=O)[nH]c2s1. The van der Waals surface area contributed by atoms with Crippen LogP contribution < -0.4 is 11.2 Å². The summed E-state index contributed by atoms with van der Waals surface area (Å²) in [5, 5.41) is 9.02. The zero-order chi connectivity index (χ0) is 12.4. The first-order chi connectivity index (χ1) is 8.17. The lowest BCUT2D eigenvalue weighted by atomic mass is 10.3. The third-order valence-electron chi connectivity index (χ3n) is 2.52. The molecule has 17 heavy (non-hydrogen) atoms. The van der Waals surface area contributed by atoms with Gasteiger partial charge in [0.25, 0.3) is 5.56 Å². The standard InChI is InChI=1S/C11H11N3O2S/c1-2-7-6-8-9(17-7)13-11(16)14(10(8)15)5-3-4-12/h6H,2-3,5H2,1H3,(H,13,16). The Balaban J connectivity index is 2.67. The summed E-state index contributed by atoms with van der Waals surface area (Å²) in [6.45, 7) is 2.13. The van der Waals surface area contributed by atoms with Gasteiger partial charge in [-0.25, -0.2) is 4.79 Å². The highest BCUT2D eigenvalue weighted by atomic mass is 32.1. The Morgan fingerprint density at radius 2 is 2.29 bits per heavy atom. The number of thiophene rings is 1. The number of aromatic amines is 1. The predicted molar refractivity (Wildman–Crippen MR) is 66.3 cm³/mol. The maximum atomic E-state index is 12.0. The molecule has 0 atom stereocenters. The summed E-state index contributed by atoms with van der Waals surface area (Å²) < 4.78 is 1.08. The second-order valence-electron chi connectivity index (χ2n) is 3.60. The van der Waals surface area contributed by atoms with Gasteiger partial charge >= 0.3 is 5.69 Å². The van der Waals surface area contributed by atoms with Crippen LogP contribution in [0, 0.1) is 11.3 Å². The molecule has 6 heteroatoms. The van der Waals surface area contributed by atoms with E-state index in [1.165, 1.54) is 11.3 Å². The van der Waals surface area contributed by atoms with Gasteiger partial charge in [-0.15, -0.1) is 11.3 Å². The molecule has 2 heterocycles. The van der Waals surface area contributed by atoms with Gasteiger partial charge in [0.05, 0.1) is 17.9 Å². The number of fused-ring (bicyclic) bond motifs is 1. The minimum Gasteiger partial charge on any atom is -0.298 e. The molecule has 1 N–H and O–H groups in total. The Morgan fingerprint density at radius 3 is 2.94 bits per heavy atom. The van der Waals surface area contributed by atoms with E-state index in [0.29, 0.717) is 10.2 Å². The van der Waals surface area contributed by atoms with E-state index in [2.05, 4.69) is 4.98 Å². The van der Waals surface area contributed by atoms with Crippen molar-refractivity contribution in [3.05, 3.63) is 31.8 Å². The number of H-pyrrole nitrogens is 1. The summed E-state index contributed by atoms with van der Waals surface area (Å²) in [6, 6.07) is 3.73. The second kappa shape index (κ2) is 4.55. The number of aromatic nitrogens is 2. The third kappa shape index (κ3) is 2.01. The van der Waals surface area contributed by atoms with E-state index >= 15 is 0 Å². The lowest BCUT2D eigenvalue weighted by Crippen LogP contribution is -2.34. The molecule has 0 unspecified atom stereocenters. The van der Waals surface area contributed by atoms with Crippen LogP contribution in [0.4, 0.5) is 0 Å². The molecule has 2 aromatic heterocycles. The average molecular weight is 249 g/mol. The van der Waals surface area contributed by atoms with Gasteiger partial charge in [-0.05, 0) is 12.5 Å². The summed E-state index contributed by atoms with van der Waals surface area (Å²) in [5.41, 5.74) is -0.753. The van der Waals surface area contributed by atoms with E-state index < -0.39 is 5.69 Å². The highest BCUT2D eigenvalue weighted by molar-refractivity contribution is 7.18. The smallest absolute Gasteiger partial charge is 0.298 e. The van der Waals surface area contributed by atoms with Crippen LogP contribution in [0.1, 0.15) is 18.2 Å². The predicted octanol–water partition coefficient (Wildman–Crippen LogP) is 1.23. The molecule has 0 spiro atoms. The van der Waals surface area contributed by atoms with E-state index in [1.807, 2.05) is 13.0 Å². The first-order valence-corrected chi connectivity index (χ1v) is 6.11. The first-order valence-electron chi connectivity index (χ1n) is 5.30. The minimum atomic E-state index is -0.442. The molecule has 0 fully saturated rings. The fraction of sp³-hybridized carbons (Fsp3) is 0.364. The summed E-state index contributed by atoms with van der Waals surface area (Å²) in [5.74, 6) is 0. The van der Waals surface area contributed by atoms with Crippen molar-refractivity contribution in [1.29, 1.82) is 5.26 Å². The van der Waals surface area contributed by atoms with Gasteiger partial charge in [0.15, 0.2) is 0 Å². The van der Waals surface area contributed by atoms with E-state index in [0.717, 1.165) is 15.9 Å². The molecule has 0 aliphatic heterocycles. The van der Waals surface area contributed by atoms with Crippen LogP contribution >= 0.6 is 11.3 Å². The summed E-state index contributed by atoms with van der Waals surface area (Å²) in [4.78, 5) is 28.0. The lowest BCUT2D eigenvalue weighted by Gasteiger charge is -2.00.